The summed E-state index contributed by atoms with van der Waals surface area (Å²) in [4.78, 5) is 30.8. The van der Waals surface area contributed by atoms with Crippen molar-refractivity contribution in [2.45, 2.75) is 45.4 Å². The number of carbonyl (C=O) groups excluding carboxylic acids is 2. The second-order valence-corrected chi connectivity index (χ2v) is 6.23. The summed E-state index contributed by atoms with van der Waals surface area (Å²) in [5.74, 6) is 0.257. The van der Waals surface area contributed by atoms with Gasteiger partial charge in [0, 0.05) is 37.0 Å². The molecule has 1 saturated heterocycles. The molecule has 5 heteroatoms. The largest absolute Gasteiger partial charge is 0.343 e. The van der Waals surface area contributed by atoms with Crippen LogP contribution in [-0.4, -0.2) is 34.7 Å². The highest BCUT2D eigenvalue weighted by molar-refractivity contribution is 7.13. The summed E-state index contributed by atoms with van der Waals surface area (Å²) in [5.41, 5.74) is 0. The van der Waals surface area contributed by atoms with Gasteiger partial charge in [-0.2, -0.15) is 0 Å². The minimum atomic E-state index is 0.0598. The number of hydrogen-bond acceptors (Lipinski definition) is 4. The van der Waals surface area contributed by atoms with Gasteiger partial charge in [0.05, 0.1) is 0 Å². The van der Waals surface area contributed by atoms with Crippen molar-refractivity contribution in [1.82, 2.24) is 9.88 Å². The molecule has 1 aliphatic heterocycles. The molecule has 1 aromatic rings. The van der Waals surface area contributed by atoms with Gasteiger partial charge >= 0.3 is 0 Å². The Morgan fingerprint density at radius 2 is 2.00 bits per heavy atom. The van der Waals surface area contributed by atoms with E-state index >= 15 is 0 Å². The van der Waals surface area contributed by atoms with Gasteiger partial charge in [-0.1, -0.05) is 0 Å². The SMILES string of the molecule is Cc1cnc(C(=O)CCCC(=O)N2CCCCC2)s1. The summed E-state index contributed by atoms with van der Waals surface area (Å²) in [7, 11) is 0. The first-order chi connectivity index (χ1) is 9.16. The Morgan fingerprint density at radius 3 is 2.63 bits per heavy atom. The number of likely N-dealkylation sites (tertiary alicyclic amines) is 1. The van der Waals surface area contributed by atoms with Gasteiger partial charge in [0.25, 0.3) is 0 Å². The number of nitrogens with zero attached hydrogens (tertiary/aromatic N) is 2. The van der Waals surface area contributed by atoms with Crippen LogP contribution in [0.1, 0.15) is 53.2 Å². The summed E-state index contributed by atoms with van der Waals surface area (Å²) in [6.07, 6.45) is 6.71. The number of amides is 1. The predicted octanol–water partition coefficient (Wildman–Crippen LogP) is 2.82. The predicted molar refractivity (Wildman–Crippen MR) is 75.5 cm³/mol. The van der Waals surface area contributed by atoms with E-state index in [2.05, 4.69) is 4.98 Å². The fourth-order valence-corrected chi connectivity index (χ4v) is 3.02. The number of piperidine rings is 1. The molecule has 19 heavy (non-hydrogen) atoms. The minimum absolute atomic E-state index is 0.0598. The van der Waals surface area contributed by atoms with Crippen LogP contribution in [0.3, 0.4) is 0 Å². The number of rotatable bonds is 5. The molecular formula is C14H20N2O2S. The van der Waals surface area contributed by atoms with Crippen LogP contribution in [0.25, 0.3) is 0 Å². The van der Waals surface area contributed by atoms with E-state index in [1.807, 2.05) is 11.8 Å². The van der Waals surface area contributed by atoms with Gasteiger partial charge in [-0.25, -0.2) is 4.98 Å². The second kappa shape index (κ2) is 6.80. The average molecular weight is 280 g/mol. The fraction of sp³-hybridized carbons (Fsp3) is 0.643. The van der Waals surface area contributed by atoms with E-state index in [0.717, 1.165) is 30.8 Å². The highest BCUT2D eigenvalue weighted by atomic mass is 32.1. The fourth-order valence-electron chi connectivity index (χ4n) is 2.29. The molecule has 0 aliphatic carbocycles. The number of hydrogen-bond donors (Lipinski definition) is 0. The first kappa shape index (κ1) is 14.2. The van der Waals surface area contributed by atoms with E-state index in [4.69, 9.17) is 0 Å². The first-order valence-corrected chi connectivity index (χ1v) is 7.72. The van der Waals surface area contributed by atoms with E-state index < -0.39 is 0 Å². The molecule has 0 spiro atoms. The molecule has 0 radical (unpaired) electrons. The van der Waals surface area contributed by atoms with Gasteiger partial charge < -0.3 is 4.90 Å². The zero-order valence-corrected chi connectivity index (χ0v) is 12.2. The van der Waals surface area contributed by atoms with Gasteiger partial charge in [-0.3, -0.25) is 9.59 Å². The maximum atomic E-state index is 11.9. The van der Waals surface area contributed by atoms with Crippen molar-refractivity contribution >= 4 is 23.0 Å². The van der Waals surface area contributed by atoms with Gasteiger partial charge in [-0.05, 0) is 32.6 Å². The zero-order chi connectivity index (χ0) is 13.7. The number of ketones is 1. The highest BCUT2D eigenvalue weighted by Crippen LogP contribution is 2.15. The Balaban J connectivity index is 1.71. The van der Waals surface area contributed by atoms with E-state index in [9.17, 15) is 9.59 Å². The van der Waals surface area contributed by atoms with Crippen LogP contribution in [0.4, 0.5) is 0 Å². The number of aryl methyl sites for hydroxylation is 1. The summed E-state index contributed by atoms with van der Waals surface area (Å²) in [5, 5.41) is 0.572. The first-order valence-electron chi connectivity index (χ1n) is 6.90. The standard InChI is InChI=1S/C14H20N2O2S/c1-11-10-15-14(19-11)12(17)6-5-7-13(18)16-8-3-2-4-9-16/h10H,2-9H2,1H3. The number of thiazole rings is 1. The molecule has 0 N–H and O–H groups in total. The lowest BCUT2D eigenvalue weighted by molar-refractivity contribution is -0.132. The number of aromatic nitrogens is 1. The molecule has 2 heterocycles. The maximum Gasteiger partial charge on any atom is 0.222 e. The van der Waals surface area contributed by atoms with Crippen LogP contribution in [0.5, 0.6) is 0 Å². The molecule has 4 nitrogen and oxygen atoms in total. The third-order valence-electron chi connectivity index (χ3n) is 3.36. The Labute approximate surface area is 117 Å². The molecule has 0 unspecified atom stereocenters. The van der Waals surface area contributed by atoms with Gasteiger partial charge in [0.15, 0.2) is 10.8 Å². The smallest absolute Gasteiger partial charge is 0.222 e. The van der Waals surface area contributed by atoms with E-state index in [0.29, 0.717) is 24.3 Å². The summed E-state index contributed by atoms with van der Waals surface area (Å²) < 4.78 is 0. The third-order valence-corrected chi connectivity index (χ3v) is 4.32. The molecule has 1 fully saturated rings. The van der Waals surface area contributed by atoms with Crippen molar-refractivity contribution < 1.29 is 9.59 Å². The Morgan fingerprint density at radius 1 is 1.26 bits per heavy atom. The van der Waals surface area contributed by atoms with Crippen molar-refractivity contribution in [3.63, 3.8) is 0 Å². The number of Topliss-reactive ketones (excluding diaryl/α,β-unsaturated/α-hetero) is 1. The molecule has 0 atom stereocenters. The Hall–Kier alpha value is -1.23. The zero-order valence-electron chi connectivity index (χ0n) is 11.4. The van der Waals surface area contributed by atoms with Crippen LogP contribution in [-0.2, 0) is 4.79 Å². The molecule has 1 aromatic heterocycles. The van der Waals surface area contributed by atoms with Gasteiger partial charge in [0.1, 0.15) is 0 Å². The monoisotopic (exact) mass is 280 g/mol. The van der Waals surface area contributed by atoms with Gasteiger partial charge in [-0.15, -0.1) is 11.3 Å². The highest BCUT2D eigenvalue weighted by Gasteiger charge is 2.17. The van der Waals surface area contributed by atoms with E-state index in [1.165, 1.54) is 17.8 Å². The molecule has 2 rings (SSSR count). The Kier molecular flexibility index (Phi) is 5.07. The molecule has 104 valence electrons. The van der Waals surface area contributed by atoms with Crippen LogP contribution < -0.4 is 0 Å². The molecule has 1 aliphatic rings. The average Bonchev–Trinajstić information content (AvgIpc) is 2.86. The van der Waals surface area contributed by atoms with Crippen LogP contribution >= 0.6 is 11.3 Å². The van der Waals surface area contributed by atoms with Crippen LogP contribution in [0.15, 0.2) is 6.20 Å². The molecule has 1 amide bonds. The lowest BCUT2D eigenvalue weighted by Gasteiger charge is -2.26. The normalized spacial score (nSPS) is 15.5. The second-order valence-electron chi connectivity index (χ2n) is 4.99. The van der Waals surface area contributed by atoms with Crippen molar-refractivity contribution in [2.75, 3.05) is 13.1 Å². The van der Waals surface area contributed by atoms with E-state index in [-0.39, 0.29) is 11.7 Å². The van der Waals surface area contributed by atoms with Gasteiger partial charge in [0.2, 0.25) is 5.91 Å². The summed E-state index contributed by atoms with van der Waals surface area (Å²) in [6.45, 7) is 3.71. The van der Waals surface area contributed by atoms with Crippen molar-refractivity contribution in [1.29, 1.82) is 0 Å². The summed E-state index contributed by atoms with van der Waals surface area (Å²) >= 11 is 1.43. The molecular weight excluding hydrogens is 260 g/mol. The minimum Gasteiger partial charge on any atom is -0.343 e. The van der Waals surface area contributed by atoms with Crippen molar-refractivity contribution in [3.8, 4) is 0 Å². The lowest BCUT2D eigenvalue weighted by Crippen LogP contribution is -2.35. The number of carbonyl (C=O) groups is 2. The van der Waals surface area contributed by atoms with E-state index in [1.54, 1.807) is 6.20 Å². The maximum absolute atomic E-state index is 11.9. The summed E-state index contributed by atoms with van der Waals surface area (Å²) in [6, 6.07) is 0. The molecule has 0 aromatic carbocycles. The quantitative estimate of drug-likeness (QED) is 0.779. The molecule has 0 bridgehead atoms. The lowest BCUT2D eigenvalue weighted by atomic mass is 10.1. The van der Waals surface area contributed by atoms with Crippen LogP contribution in [0, 0.1) is 6.92 Å². The van der Waals surface area contributed by atoms with Crippen molar-refractivity contribution in [2.24, 2.45) is 0 Å². The molecule has 0 saturated carbocycles. The van der Waals surface area contributed by atoms with Crippen molar-refractivity contribution in [3.05, 3.63) is 16.1 Å². The van der Waals surface area contributed by atoms with Crippen LogP contribution in [0.2, 0.25) is 0 Å². The third kappa shape index (κ3) is 4.13. The Bertz CT molecular complexity index is 450. The topological polar surface area (TPSA) is 50.3 Å².